The lowest BCUT2D eigenvalue weighted by molar-refractivity contribution is -0.116. The fourth-order valence-electron chi connectivity index (χ4n) is 1.60. The van der Waals surface area contributed by atoms with Crippen LogP contribution in [-0.4, -0.2) is 22.1 Å². The van der Waals surface area contributed by atoms with Gasteiger partial charge >= 0.3 is 0 Å². The minimum absolute atomic E-state index is 0.110. The standard InChI is InChI=1S/C12H12FN5O2/c13-8-2-1-3-9(4-8)16-11(20)6-18-5-10(14)12(17-18)15-7-19/h1-5,7H,6,14H2,(H,16,20)(H,15,17,19). The van der Waals surface area contributed by atoms with Crippen molar-refractivity contribution in [3.8, 4) is 0 Å². The van der Waals surface area contributed by atoms with Crippen molar-refractivity contribution < 1.29 is 14.0 Å². The lowest BCUT2D eigenvalue weighted by atomic mass is 10.3. The highest BCUT2D eigenvalue weighted by molar-refractivity contribution is 5.90. The molecule has 0 spiro atoms. The molecule has 0 unspecified atom stereocenters. The van der Waals surface area contributed by atoms with E-state index in [-0.39, 0.29) is 18.1 Å². The van der Waals surface area contributed by atoms with Gasteiger partial charge in [0.25, 0.3) is 0 Å². The van der Waals surface area contributed by atoms with E-state index in [0.717, 1.165) is 0 Å². The Balaban J connectivity index is 2.01. The largest absolute Gasteiger partial charge is 0.394 e. The minimum Gasteiger partial charge on any atom is -0.394 e. The van der Waals surface area contributed by atoms with E-state index < -0.39 is 11.7 Å². The summed E-state index contributed by atoms with van der Waals surface area (Å²) in [6.07, 6.45) is 1.85. The maximum absolute atomic E-state index is 13.0. The number of nitrogens with two attached hydrogens (primary N) is 1. The second kappa shape index (κ2) is 5.83. The number of hydrogen-bond acceptors (Lipinski definition) is 4. The fraction of sp³-hybridized carbons (Fsp3) is 0.0833. The molecule has 0 aliphatic heterocycles. The zero-order valence-electron chi connectivity index (χ0n) is 10.3. The second-order valence-corrected chi connectivity index (χ2v) is 3.95. The Morgan fingerprint density at radius 3 is 3.00 bits per heavy atom. The zero-order valence-corrected chi connectivity index (χ0v) is 10.3. The number of benzene rings is 1. The average Bonchev–Trinajstić information content (AvgIpc) is 2.70. The molecule has 1 aromatic heterocycles. The van der Waals surface area contributed by atoms with E-state index >= 15 is 0 Å². The van der Waals surface area contributed by atoms with Crippen LogP contribution in [0.1, 0.15) is 0 Å². The summed E-state index contributed by atoms with van der Waals surface area (Å²) in [4.78, 5) is 22.0. The molecule has 2 aromatic rings. The van der Waals surface area contributed by atoms with Crippen LogP contribution in [0.4, 0.5) is 21.6 Å². The highest BCUT2D eigenvalue weighted by atomic mass is 19.1. The second-order valence-electron chi connectivity index (χ2n) is 3.95. The van der Waals surface area contributed by atoms with Crippen LogP contribution in [0.2, 0.25) is 0 Å². The molecule has 104 valence electrons. The molecule has 8 heteroatoms. The van der Waals surface area contributed by atoms with Crippen molar-refractivity contribution in [1.29, 1.82) is 0 Å². The number of halogens is 1. The molecule has 0 radical (unpaired) electrons. The van der Waals surface area contributed by atoms with Crippen LogP contribution >= 0.6 is 0 Å². The summed E-state index contributed by atoms with van der Waals surface area (Å²) in [6, 6.07) is 5.54. The van der Waals surface area contributed by atoms with Gasteiger partial charge in [-0.1, -0.05) is 6.07 Å². The molecule has 7 nitrogen and oxygen atoms in total. The first-order chi connectivity index (χ1) is 9.58. The predicted octanol–water partition coefficient (Wildman–Crippen LogP) is 0.811. The molecule has 1 heterocycles. The number of amides is 2. The number of carbonyl (C=O) groups is 2. The van der Waals surface area contributed by atoms with Gasteiger partial charge < -0.3 is 16.4 Å². The number of nitrogen functional groups attached to an aromatic ring is 1. The van der Waals surface area contributed by atoms with Crippen molar-refractivity contribution in [2.45, 2.75) is 6.54 Å². The molecule has 0 atom stereocenters. The van der Waals surface area contributed by atoms with Crippen molar-refractivity contribution in [3.63, 3.8) is 0 Å². The van der Waals surface area contributed by atoms with Crippen molar-refractivity contribution >= 4 is 29.5 Å². The van der Waals surface area contributed by atoms with Crippen molar-refractivity contribution in [2.75, 3.05) is 16.4 Å². The van der Waals surface area contributed by atoms with E-state index in [0.29, 0.717) is 12.1 Å². The maximum atomic E-state index is 13.0. The van der Waals surface area contributed by atoms with Crippen LogP contribution in [0, 0.1) is 5.82 Å². The Labute approximate surface area is 113 Å². The third-order valence-electron chi connectivity index (χ3n) is 2.40. The highest BCUT2D eigenvalue weighted by Crippen LogP contribution is 2.14. The first-order valence-electron chi connectivity index (χ1n) is 5.67. The Morgan fingerprint density at radius 2 is 2.30 bits per heavy atom. The smallest absolute Gasteiger partial charge is 0.246 e. The molecule has 2 amide bonds. The molecule has 0 bridgehead atoms. The van der Waals surface area contributed by atoms with Gasteiger partial charge in [-0.2, -0.15) is 5.10 Å². The summed E-state index contributed by atoms with van der Waals surface area (Å²) in [7, 11) is 0. The first kappa shape index (κ1) is 13.5. The third kappa shape index (κ3) is 3.31. The minimum atomic E-state index is -0.441. The van der Waals surface area contributed by atoms with E-state index in [4.69, 9.17) is 5.73 Å². The van der Waals surface area contributed by atoms with Crippen LogP contribution < -0.4 is 16.4 Å². The summed E-state index contributed by atoms with van der Waals surface area (Å²) in [5, 5.41) is 8.74. The van der Waals surface area contributed by atoms with Gasteiger partial charge in [-0.15, -0.1) is 0 Å². The van der Waals surface area contributed by atoms with Crippen LogP contribution in [0.15, 0.2) is 30.5 Å². The van der Waals surface area contributed by atoms with Gasteiger partial charge in [0.15, 0.2) is 5.82 Å². The van der Waals surface area contributed by atoms with Crippen LogP contribution in [0.25, 0.3) is 0 Å². The van der Waals surface area contributed by atoms with E-state index in [2.05, 4.69) is 15.7 Å². The molecule has 0 aliphatic carbocycles. The van der Waals surface area contributed by atoms with Gasteiger partial charge in [0.2, 0.25) is 12.3 Å². The van der Waals surface area contributed by atoms with E-state index in [1.165, 1.54) is 29.1 Å². The number of rotatable bonds is 5. The lowest BCUT2D eigenvalue weighted by Gasteiger charge is -2.05. The number of nitrogens with one attached hydrogen (secondary N) is 2. The summed E-state index contributed by atoms with van der Waals surface area (Å²) < 4.78 is 14.2. The molecule has 0 aliphatic rings. The molecule has 4 N–H and O–H groups in total. The van der Waals surface area contributed by atoms with Crippen LogP contribution in [-0.2, 0) is 16.1 Å². The average molecular weight is 277 g/mol. The molecular formula is C12H12FN5O2. The molecule has 0 fully saturated rings. The fourth-order valence-corrected chi connectivity index (χ4v) is 1.60. The van der Waals surface area contributed by atoms with Gasteiger partial charge in [0, 0.05) is 5.69 Å². The van der Waals surface area contributed by atoms with Gasteiger partial charge in [0.1, 0.15) is 12.4 Å². The Morgan fingerprint density at radius 1 is 1.50 bits per heavy atom. The number of hydrogen-bond donors (Lipinski definition) is 3. The first-order valence-corrected chi connectivity index (χ1v) is 5.67. The summed E-state index contributed by atoms with van der Waals surface area (Å²) in [5.41, 5.74) is 6.18. The van der Waals surface area contributed by atoms with Gasteiger partial charge in [-0.25, -0.2) is 4.39 Å². The summed E-state index contributed by atoms with van der Waals surface area (Å²) >= 11 is 0. The molecular weight excluding hydrogens is 265 g/mol. The summed E-state index contributed by atoms with van der Waals surface area (Å²) in [5.74, 6) is -0.655. The van der Waals surface area contributed by atoms with Crippen molar-refractivity contribution in [2.24, 2.45) is 0 Å². The Hall–Kier alpha value is -2.90. The van der Waals surface area contributed by atoms with Crippen molar-refractivity contribution in [1.82, 2.24) is 9.78 Å². The Kier molecular flexibility index (Phi) is 3.94. The number of anilines is 3. The summed E-state index contributed by atoms with van der Waals surface area (Å²) in [6.45, 7) is -0.110. The Bertz CT molecular complexity index is 641. The highest BCUT2D eigenvalue weighted by Gasteiger charge is 2.09. The SMILES string of the molecule is Nc1cn(CC(=O)Nc2cccc(F)c2)nc1NC=O. The third-order valence-corrected chi connectivity index (χ3v) is 2.40. The monoisotopic (exact) mass is 277 g/mol. The van der Waals surface area contributed by atoms with Crippen molar-refractivity contribution in [3.05, 3.63) is 36.3 Å². The van der Waals surface area contributed by atoms with Gasteiger partial charge in [-0.3, -0.25) is 14.3 Å². The van der Waals surface area contributed by atoms with Gasteiger partial charge in [0.05, 0.1) is 11.9 Å². The predicted molar refractivity (Wildman–Crippen MR) is 71.4 cm³/mol. The maximum Gasteiger partial charge on any atom is 0.246 e. The van der Waals surface area contributed by atoms with E-state index in [9.17, 15) is 14.0 Å². The number of nitrogens with zero attached hydrogens (tertiary/aromatic N) is 2. The topological polar surface area (TPSA) is 102 Å². The molecule has 2 rings (SSSR count). The molecule has 0 saturated carbocycles. The number of carbonyl (C=O) groups excluding carboxylic acids is 2. The van der Waals surface area contributed by atoms with Crippen LogP contribution in [0.5, 0.6) is 0 Å². The van der Waals surface area contributed by atoms with E-state index in [1.54, 1.807) is 6.07 Å². The molecule has 0 saturated heterocycles. The quantitative estimate of drug-likeness (QED) is 0.704. The number of aromatic nitrogens is 2. The lowest BCUT2D eigenvalue weighted by Crippen LogP contribution is -2.19. The molecule has 1 aromatic carbocycles. The molecule has 20 heavy (non-hydrogen) atoms. The normalized spacial score (nSPS) is 10.1. The van der Waals surface area contributed by atoms with Gasteiger partial charge in [-0.05, 0) is 18.2 Å². The van der Waals surface area contributed by atoms with E-state index in [1.807, 2.05) is 0 Å². The van der Waals surface area contributed by atoms with Crippen LogP contribution in [0.3, 0.4) is 0 Å². The zero-order chi connectivity index (χ0) is 14.5.